The van der Waals surface area contributed by atoms with E-state index in [9.17, 15) is 13.2 Å². The third-order valence-electron chi connectivity index (χ3n) is 3.68. The van der Waals surface area contributed by atoms with Gasteiger partial charge >= 0.3 is 0 Å². The minimum Gasteiger partial charge on any atom is -0.455 e. The number of rotatable bonds is 6. The lowest BCUT2D eigenvalue weighted by Crippen LogP contribution is -2.35. The Labute approximate surface area is 136 Å². The summed E-state index contributed by atoms with van der Waals surface area (Å²) in [6, 6.07) is 11.2. The molecule has 1 aromatic carbocycles. The van der Waals surface area contributed by atoms with Crippen molar-refractivity contribution in [2.45, 2.75) is 37.5 Å². The Hall–Kier alpha value is -2.08. The predicted octanol–water partition coefficient (Wildman–Crippen LogP) is 3.03. The Morgan fingerprint density at radius 1 is 1.09 bits per heavy atom. The van der Waals surface area contributed by atoms with Crippen LogP contribution in [0, 0.1) is 5.92 Å². The summed E-state index contributed by atoms with van der Waals surface area (Å²) < 4.78 is 30.0. The van der Waals surface area contributed by atoms with Crippen LogP contribution in [-0.4, -0.2) is 20.4 Å². The first kappa shape index (κ1) is 17.3. The highest BCUT2D eigenvalue weighted by molar-refractivity contribution is 7.90. The van der Waals surface area contributed by atoms with Crippen molar-refractivity contribution in [2.24, 2.45) is 5.92 Å². The maximum atomic E-state index is 12.3. The molecule has 0 unspecified atom stereocenters. The highest BCUT2D eigenvalue weighted by Gasteiger charge is 2.20. The topological polar surface area (TPSA) is 76.4 Å². The van der Waals surface area contributed by atoms with E-state index < -0.39 is 9.84 Å². The molecule has 0 fully saturated rings. The highest BCUT2D eigenvalue weighted by Crippen LogP contribution is 2.18. The van der Waals surface area contributed by atoms with Gasteiger partial charge in [0.1, 0.15) is 11.5 Å². The van der Waals surface area contributed by atoms with Crippen LogP contribution in [0.2, 0.25) is 0 Å². The van der Waals surface area contributed by atoms with E-state index >= 15 is 0 Å². The standard InChI is InChI=1S/C17H21NO4S/c1-12(2)13(3)18-17(19)16-10-9-14(22-16)11-23(20,21)15-7-5-4-6-8-15/h4-10,12-13H,11H2,1-3H3,(H,18,19)/t13-/m1/s1. The number of sulfone groups is 1. The molecule has 1 heterocycles. The quantitative estimate of drug-likeness (QED) is 0.880. The molecule has 0 aliphatic carbocycles. The third-order valence-corrected chi connectivity index (χ3v) is 5.33. The van der Waals surface area contributed by atoms with E-state index in [-0.39, 0.29) is 34.1 Å². The summed E-state index contributed by atoms with van der Waals surface area (Å²) in [5.41, 5.74) is 0. The van der Waals surface area contributed by atoms with Crippen LogP contribution in [0.15, 0.2) is 51.8 Å². The van der Waals surface area contributed by atoms with Gasteiger partial charge in [0.2, 0.25) is 0 Å². The van der Waals surface area contributed by atoms with Crippen LogP contribution in [0.25, 0.3) is 0 Å². The van der Waals surface area contributed by atoms with Crippen LogP contribution in [0.3, 0.4) is 0 Å². The first-order valence-electron chi connectivity index (χ1n) is 7.47. The average Bonchev–Trinajstić information content (AvgIpc) is 2.96. The van der Waals surface area contributed by atoms with E-state index in [1.54, 1.807) is 18.2 Å². The molecule has 0 aliphatic heterocycles. The maximum absolute atomic E-state index is 12.3. The van der Waals surface area contributed by atoms with Gasteiger partial charge in [-0.1, -0.05) is 32.0 Å². The molecular formula is C17H21NO4S. The number of furan rings is 1. The SMILES string of the molecule is CC(C)[C@@H](C)NC(=O)c1ccc(CS(=O)(=O)c2ccccc2)o1. The number of nitrogens with one attached hydrogen (secondary N) is 1. The van der Waals surface area contributed by atoms with Crippen molar-refractivity contribution >= 4 is 15.7 Å². The van der Waals surface area contributed by atoms with E-state index in [4.69, 9.17) is 4.42 Å². The Kier molecular flexibility index (Phi) is 5.26. The number of hydrogen-bond donors (Lipinski definition) is 1. The van der Waals surface area contributed by atoms with E-state index in [1.165, 1.54) is 24.3 Å². The van der Waals surface area contributed by atoms with E-state index in [0.717, 1.165) is 0 Å². The highest BCUT2D eigenvalue weighted by atomic mass is 32.2. The summed E-state index contributed by atoms with van der Waals surface area (Å²) in [6.07, 6.45) is 0. The molecule has 23 heavy (non-hydrogen) atoms. The van der Waals surface area contributed by atoms with Crippen LogP contribution in [0.5, 0.6) is 0 Å². The van der Waals surface area contributed by atoms with Gasteiger partial charge in [-0.15, -0.1) is 0 Å². The first-order chi connectivity index (χ1) is 10.8. The van der Waals surface area contributed by atoms with Gasteiger partial charge in [-0.3, -0.25) is 4.79 Å². The first-order valence-corrected chi connectivity index (χ1v) is 9.12. The van der Waals surface area contributed by atoms with Gasteiger partial charge in [0, 0.05) is 6.04 Å². The summed E-state index contributed by atoms with van der Waals surface area (Å²) in [4.78, 5) is 12.3. The fraction of sp³-hybridized carbons (Fsp3) is 0.353. The van der Waals surface area contributed by atoms with E-state index in [1.807, 2.05) is 20.8 Å². The number of carbonyl (C=O) groups is 1. The van der Waals surface area contributed by atoms with Crippen molar-refractivity contribution in [3.63, 3.8) is 0 Å². The van der Waals surface area contributed by atoms with E-state index in [2.05, 4.69) is 5.32 Å². The minimum atomic E-state index is -3.49. The van der Waals surface area contributed by atoms with E-state index in [0.29, 0.717) is 5.92 Å². The summed E-state index contributed by atoms with van der Waals surface area (Å²) in [7, 11) is -3.49. The lowest BCUT2D eigenvalue weighted by Gasteiger charge is -2.16. The van der Waals surface area contributed by atoms with Crippen molar-refractivity contribution in [1.82, 2.24) is 5.32 Å². The minimum absolute atomic E-state index is 0.00380. The predicted molar refractivity (Wildman–Crippen MR) is 87.8 cm³/mol. The van der Waals surface area contributed by atoms with Crippen molar-refractivity contribution in [3.05, 3.63) is 54.0 Å². The molecular weight excluding hydrogens is 314 g/mol. The molecule has 1 N–H and O–H groups in total. The largest absolute Gasteiger partial charge is 0.455 e. The molecule has 2 aromatic rings. The van der Waals surface area contributed by atoms with Crippen molar-refractivity contribution in [1.29, 1.82) is 0 Å². The van der Waals surface area contributed by atoms with Crippen LogP contribution < -0.4 is 5.32 Å². The number of carbonyl (C=O) groups excluding carboxylic acids is 1. The summed E-state index contributed by atoms with van der Waals surface area (Å²) in [6.45, 7) is 5.92. The van der Waals surface area contributed by atoms with Gasteiger partial charge < -0.3 is 9.73 Å². The maximum Gasteiger partial charge on any atom is 0.287 e. The fourth-order valence-electron chi connectivity index (χ4n) is 1.92. The van der Waals surface area contributed by atoms with Gasteiger partial charge in [-0.05, 0) is 37.1 Å². The molecule has 0 bridgehead atoms. The molecule has 5 nitrogen and oxygen atoms in total. The zero-order chi connectivity index (χ0) is 17.0. The smallest absolute Gasteiger partial charge is 0.287 e. The second-order valence-electron chi connectivity index (χ2n) is 5.84. The molecule has 1 aromatic heterocycles. The van der Waals surface area contributed by atoms with Gasteiger partial charge in [0.25, 0.3) is 5.91 Å². The molecule has 0 saturated carbocycles. The summed E-state index contributed by atoms with van der Waals surface area (Å²) >= 11 is 0. The Morgan fingerprint density at radius 3 is 2.35 bits per heavy atom. The second kappa shape index (κ2) is 7.00. The average molecular weight is 335 g/mol. The fourth-order valence-corrected chi connectivity index (χ4v) is 3.19. The molecule has 0 radical (unpaired) electrons. The molecule has 1 amide bonds. The van der Waals surface area contributed by atoms with Crippen molar-refractivity contribution < 1.29 is 17.6 Å². The summed E-state index contributed by atoms with van der Waals surface area (Å²) in [5, 5.41) is 2.82. The normalized spacial score (nSPS) is 13.0. The number of amides is 1. The zero-order valence-corrected chi connectivity index (χ0v) is 14.3. The summed E-state index contributed by atoms with van der Waals surface area (Å²) in [5.74, 6) is 0.0534. The van der Waals surface area contributed by atoms with Crippen LogP contribution >= 0.6 is 0 Å². The van der Waals surface area contributed by atoms with Crippen molar-refractivity contribution in [2.75, 3.05) is 0 Å². The molecule has 124 valence electrons. The van der Waals surface area contributed by atoms with Gasteiger partial charge in [-0.25, -0.2) is 8.42 Å². The number of benzene rings is 1. The van der Waals surface area contributed by atoms with Gasteiger partial charge in [-0.2, -0.15) is 0 Å². The molecule has 6 heteroatoms. The molecule has 0 saturated heterocycles. The molecule has 1 atom stereocenters. The molecule has 2 rings (SSSR count). The Balaban J connectivity index is 2.09. The Morgan fingerprint density at radius 2 is 1.74 bits per heavy atom. The lowest BCUT2D eigenvalue weighted by molar-refractivity contribution is 0.0901. The zero-order valence-electron chi connectivity index (χ0n) is 13.4. The third kappa shape index (κ3) is 4.45. The lowest BCUT2D eigenvalue weighted by atomic mass is 10.1. The molecule has 0 spiro atoms. The van der Waals surface area contributed by atoms with Gasteiger partial charge in [0.15, 0.2) is 15.6 Å². The molecule has 0 aliphatic rings. The van der Waals surface area contributed by atoms with Crippen molar-refractivity contribution in [3.8, 4) is 0 Å². The number of hydrogen-bond acceptors (Lipinski definition) is 4. The van der Waals surface area contributed by atoms with Crippen LogP contribution in [0.1, 0.15) is 37.1 Å². The van der Waals surface area contributed by atoms with Gasteiger partial charge in [0.05, 0.1) is 4.90 Å². The monoisotopic (exact) mass is 335 g/mol. The van der Waals surface area contributed by atoms with Crippen LogP contribution in [-0.2, 0) is 15.6 Å². The van der Waals surface area contributed by atoms with Crippen LogP contribution in [0.4, 0.5) is 0 Å². The Bertz CT molecular complexity index is 763. The second-order valence-corrected chi connectivity index (χ2v) is 7.83.